The molecule has 7 heteroatoms. The smallest absolute Gasteiger partial charge is 0.341 e. The third-order valence-electron chi connectivity index (χ3n) is 5.58. The molecule has 1 saturated heterocycles. The monoisotopic (exact) mass is 421 g/mol. The Morgan fingerprint density at radius 1 is 0.968 bits per heavy atom. The van der Waals surface area contributed by atoms with E-state index < -0.39 is 0 Å². The number of pyridine rings is 1. The van der Waals surface area contributed by atoms with Gasteiger partial charge in [0.05, 0.1) is 26.5 Å². The van der Waals surface area contributed by atoms with E-state index in [-0.39, 0.29) is 5.97 Å². The summed E-state index contributed by atoms with van der Waals surface area (Å²) in [4.78, 5) is 21.8. The van der Waals surface area contributed by atoms with E-state index in [1.165, 1.54) is 0 Å². The Kier molecular flexibility index (Phi) is 6.11. The lowest BCUT2D eigenvalue weighted by molar-refractivity contribution is 0.0526. The Hall–Kier alpha value is -3.48. The summed E-state index contributed by atoms with van der Waals surface area (Å²) in [6.07, 6.45) is 1.61. The molecule has 0 unspecified atom stereocenters. The molecule has 0 amide bonds. The van der Waals surface area contributed by atoms with Crippen molar-refractivity contribution < 1.29 is 19.0 Å². The number of rotatable bonds is 6. The first-order valence-electron chi connectivity index (χ1n) is 10.4. The Balaban J connectivity index is 1.66. The minimum Gasteiger partial charge on any atom is -0.497 e. The first-order chi connectivity index (χ1) is 15.2. The zero-order valence-electron chi connectivity index (χ0n) is 18.1. The summed E-state index contributed by atoms with van der Waals surface area (Å²) < 4.78 is 16.1. The normalized spacial score (nSPS) is 13.9. The van der Waals surface area contributed by atoms with Gasteiger partial charge in [-0.25, -0.2) is 4.79 Å². The van der Waals surface area contributed by atoms with Crippen molar-refractivity contribution in [3.63, 3.8) is 0 Å². The van der Waals surface area contributed by atoms with Crippen molar-refractivity contribution in [1.29, 1.82) is 0 Å². The van der Waals surface area contributed by atoms with Crippen LogP contribution in [0.15, 0.2) is 48.7 Å². The molecule has 2 heterocycles. The molecule has 3 aromatic rings. The summed E-state index contributed by atoms with van der Waals surface area (Å²) in [6.45, 7) is 5.34. The summed E-state index contributed by atoms with van der Waals surface area (Å²) in [5.74, 6) is 1.18. The van der Waals surface area contributed by atoms with Crippen LogP contribution in [0.2, 0.25) is 0 Å². The molecule has 1 aliphatic rings. The molecule has 162 valence electrons. The van der Waals surface area contributed by atoms with Crippen molar-refractivity contribution >= 4 is 28.2 Å². The molecule has 7 nitrogen and oxygen atoms in total. The second-order valence-corrected chi connectivity index (χ2v) is 7.27. The number of hydrogen-bond donors (Lipinski definition) is 0. The van der Waals surface area contributed by atoms with Crippen LogP contribution in [0.4, 0.5) is 11.4 Å². The van der Waals surface area contributed by atoms with E-state index in [9.17, 15) is 4.79 Å². The number of para-hydroxylation sites is 1. The summed E-state index contributed by atoms with van der Waals surface area (Å²) in [7, 11) is 3.30. The average molecular weight is 421 g/mol. The number of hydrogen-bond acceptors (Lipinski definition) is 7. The van der Waals surface area contributed by atoms with Gasteiger partial charge in [0.15, 0.2) is 0 Å². The average Bonchev–Trinajstić information content (AvgIpc) is 2.83. The van der Waals surface area contributed by atoms with E-state index in [1.54, 1.807) is 20.4 Å². The van der Waals surface area contributed by atoms with Crippen molar-refractivity contribution in [2.24, 2.45) is 0 Å². The summed E-state index contributed by atoms with van der Waals surface area (Å²) >= 11 is 0. The van der Waals surface area contributed by atoms with Crippen molar-refractivity contribution in [2.75, 3.05) is 56.8 Å². The lowest BCUT2D eigenvalue weighted by Gasteiger charge is -2.38. The molecule has 1 aromatic heterocycles. The van der Waals surface area contributed by atoms with E-state index in [0.717, 1.165) is 54.2 Å². The molecule has 2 aromatic carbocycles. The fourth-order valence-corrected chi connectivity index (χ4v) is 4.03. The van der Waals surface area contributed by atoms with E-state index in [2.05, 4.69) is 26.9 Å². The van der Waals surface area contributed by atoms with E-state index in [0.29, 0.717) is 17.9 Å². The predicted octanol–water partition coefficient (Wildman–Crippen LogP) is 3.76. The third-order valence-corrected chi connectivity index (χ3v) is 5.58. The van der Waals surface area contributed by atoms with Gasteiger partial charge in [-0.1, -0.05) is 12.1 Å². The number of fused-ring (bicyclic) bond motifs is 1. The molecule has 1 fully saturated rings. The summed E-state index contributed by atoms with van der Waals surface area (Å²) in [5, 5.41) is 0.891. The molecular formula is C24H27N3O4. The molecule has 0 spiro atoms. The van der Waals surface area contributed by atoms with Crippen molar-refractivity contribution in [1.82, 2.24) is 4.98 Å². The number of methoxy groups -OCH3 is 2. The van der Waals surface area contributed by atoms with Crippen LogP contribution in [0.25, 0.3) is 10.9 Å². The van der Waals surface area contributed by atoms with E-state index >= 15 is 0 Å². The maximum Gasteiger partial charge on any atom is 0.341 e. The highest BCUT2D eigenvalue weighted by atomic mass is 16.5. The lowest BCUT2D eigenvalue weighted by atomic mass is 10.1. The first-order valence-corrected chi connectivity index (χ1v) is 10.4. The standard InChI is InChI=1S/C24H27N3O4/c1-4-31-24(28)20-16-25-22-19(6-5-7-21(22)30-3)23(20)27-14-12-26(13-15-27)17-8-10-18(29-2)11-9-17/h5-11,16H,4,12-15H2,1-3H3. The van der Waals surface area contributed by atoms with Crippen LogP contribution >= 0.6 is 0 Å². The Morgan fingerprint density at radius 2 is 1.68 bits per heavy atom. The van der Waals surface area contributed by atoms with Gasteiger partial charge in [-0.05, 0) is 37.3 Å². The van der Waals surface area contributed by atoms with Gasteiger partial charge in [0.2, 0.25) is 0 Å². The number of benzene rings is 2. The van der Waals surface area contributed by atoms with Gasteiger partial charge in [-0.2, -0.15) is 0 Å². The Labute approximate surface area is 182 Å². The van der Waals surface area contributed by atoms with Crippen LogP contribution in [0.1, 0.15) is 17.3 Å². The van der Waals surface area contributed by atoms with Crippen LogP contribution < -0.4 is 19.3 Å². The molecule has 4 rings (SSSR count). The number of piperazine rings is 1. The number of esters is 1. The quantitative estimate of drug-likeness (QED) is 0.562. The number of anilines is 2. The third kappa shape index (κ3) is 4.08. The summed E-state index contributed by atoms with van der Waals surface area (Å²) in [6, 6.07) is 13.9. The number of aromatic nitrogens is 1. The largest absolute Gasteiger partial charge is 0.497 e. The van der Waals surface area contributed by atoms with Crippen LogP contribution in [0, 0.1) is 0 Å². The number of carbonyl (C=O) groups excluding carboxylic acids is 1. The van der Waals surface area contributed by atoms with Crippen LogP contribution in [-0.2, 0) is 4.74 Å². The zero-order chi connectivity index (χ0) is 21.8. The van der Waals surface area contributed by atoms with Gasteiger partial charge in [0, 0.05) is 43.4 Å². The van der Waals surface area contributed by atoms with Gasteiger partial charge in [-0.3, -0.25) is 4.98 Å². The first kappa shape index (κ1) is 20.8. The van der Waals surface area contributed by atoms with Crippen LogP contribution in [0.5, 0.6) is 11.5 Å². The molecule has 0 N–H and O–H groups in total. The fraction of sp³-hybridized carbons (Fsp3) is 0.333. The van der Waals surface area contributed by atoms with Crippen molar-refractivity contribution in [3.05, 3.63) is 54.2 Å². The van der Waals surface area contributed by atoms with Crippen molar-refractivity contribution in [3.8, 4) is 11.5 Å². The molecule has 0 bridgehead atoms. The van der Waals surface area contributed by atoms with Crippen LogP contribution in [0.3, 0.4) is 0 Å². The minimum absolute atomic E-state index is 0.319. The Bertz CT molecular complexity index is 1060. The summed E-state index contributed by atoms with van der Waals surface area (Å²) in [5.41, 5.74) is 3.25. The second kappa shape index (κ2) is 9.12. The second-order valence-electron chi connectivity index (χ2n) is 7.27. The van der Waals surface area contributed by atoms with Gasteiger partial charge in [0.25, 0.3) is 0 Å². The minimum atomic E-state index is -0.354. The highest BCUT2D eigenvalue weighted by Crippen LogP contribution is 2.35. The molecule has 31 heavy (non-hydrogen) atoms. The number of ether oxygens (including phenoxy) is 3. The molecule has 0 radical (unpaired) electrons. The molecule has 1 aliphatic heterocycles. The maximum atomic E-state index is 12.7. The fourth-order valence-electron chi connectivity index (χ4n) is 4.03. The Morgan fingerprint density at radius 3 is 2.32 bits per heavy atom. The molecule has 0 aliphatic carbocycles. The van der Waals surface area contributed by atoms with Gasteiger partial charge >= 0.3 is 5.97 Å². The zero-order valence-corrected chi connectivity index (χ0v) is 18.1. The molecular weight excluding hydrogens is 394 g/mol. The maximum absolute atomic E-state index is 12.7. The van der Waals surface area contributed by atoms with E-state index in [4.69, 9.17) is 14.2 Å². The van der Waals surface area contributed by atoms with E-state index in [1.807, 2.05) is 37.3 Å². The predicted molar refractivity (Wildman–Crippen MR) is 122 cm³/mol. The van der Waals surface area contributed by atoms with Gasteiger partial charge in [-0.15, -0.1) is 0 Å². The van der Waals surface area contributed by atoms with Crippen molar-refractivity contribution in [2.45, 2.75) is 6.92 Å². The molecule has 0 saturated carbocycles. The van der Waals surface area contributed by atoms with Gasteiger partial charge in [0.1, 0.15) is 22.6 Å². The highest BCUT2D eigenvalue weighted by molar-refractivity contribution is 6.06. The van der Waals surface area contributed by atoms with Gasteiger partial charge < -0.3 is 24.0 Å². The topological polar surface area (TPSA) is 64.1 Å². The number of nitrogens with zero attached hydrogens (tertiary/aromatic N) is 3. The number of carbonyl (C=O) groups is 1. The molecule has 0 atom stereocenters. The SMILES string of the molecule is CCOC(=O)c1cnc2c(OC)cccc2c1N1CCN(c2ccc(OC)cc2)CC1. The lowest BCUT2D eigenvalue weighted by Crippen LogP contribution is -2.47. The highest BCUT2D eigenvalue weighted by Gasteiger charge is 2.26. The van der Waals surface area contributed by atoms with Crippen LogP contribution in [-0.4, -0.2) is 58.0 Å².